The highest BCUT2D eigenvalue weighted by Crippen LogP contribution is 2.27. The third kappa shape index (κ3) is 3.63. The van der Waals surface area contributed by atoms with Crippen LogP contribution in [0.5, 0.6) is 0 Å². The van der Waals surface area contributed by atoms with Crippen molar-refractivity contribution >= 4 is 11.8 Å². The van der Waals surface area contributed by atoms with E-state index in [1.54, 1.807) is 6.92 Å². The maximum atomic E-state index is 12.9. The molecular weight excluding hydrogens is 352 g/mol. The van der Waals surface area contributed by atoms with Gasteiger partial charge in [-0.1, -0.05) is 30.3 Å². The molecule has 2 aliphatic heterocycles. The van der Waals surface area contributed by atoms with Crippen LogP contribution in [0.15, 0.2) is 36.5 Å². The van der Waals surface area contributed by atoms with E-state index in [0.717, 1.165) is 42.0 Å². The predicted octanol–water partition coefficient (Wildman–Crippen LogP) is 2.50. The number of likely N-dealkylation sites (tertiary alicyclic amines) is 1. The number of nitrogens with zero attached hydrogens (tertiary/aromatic N) is 4. The lowest BCUT2D eigenvalue weighted by Crippen LogP contribution is -2.39. The van der Waals surface area contributed by atoms with Crippen LogP contribution in [0, 0.1) is 0 Å². The van der Waals surface area contributed by atoms with Gasteiger partial charge in [-0.05, 0) is 18.9 Å². The molecule has 0 aliphatic carbocycles. The van der Waals surface area contributed by atoms with Crippen LogP contribution in [0.25, 0.3) is 0 Å². The number of carbonyl (C=O) groups is 2. The Morgan fingerprint density at radius 3 is 2.64 bits per heavy atom. The van der Waals surface area contributed by atoms with Crippen molar-refractivity contribution in [2.24, 2.45) is 0 Å². The fourth-order valence-corrected chi connectivity index (χ4v) is 4.13. The Labute approximate surface area is 165 Å². The highest BCUT2D eigenvalue weighted by Gasteiger charge is 2.30. The number of amides is 2. The van der Waals surface area contributed by atoms with Crippen molar-refractivity contribution in [2.75, 3.05) is 19.6 Å². The van der Waals surface area contributed by atoms with E-state index in [-0.39, 0.29) is 23.7 Å². The molecule has 146 valence electrons. The summed E-state index contributed by atoms with van der Waals surface area (Å²) in [5.41, 5.74) is 3.12. The minimum atomic E-state index is -0.154. The number of hydrogen-bond donors (Lipinski definition) is 0. The minimum absolute atomic E-state index is 0.113. The van der Waals surface area contributed by atoms with Gasteiger partial charge in [-0.25, -0.2) is 9.97 Å². The van der Waals surface area contributed by atoms with Crippen molar-refractivity contribution in [3.05, 3.63) is 59.2 Å². The van der Waals surface area contributed by atoms with Crippen molar-refractivity contribution < 1.29 is 9.59 Å². The molecule has 1 saturated heterocycles. The summed E-state index contributed by atoms with van der Waals surface area (Å²) in [7, 11) is 0. The Bertz CT molecular complexity index is 883. The Hall–Kier alpha value is -2.76. The van der Waals surface area contributed by atoms with Gasteiger partial charge in [-0.3, -0.25) is 9.59 Å². The van der Waals surface area contributed by atoms with Crippen LogP contribution in [-0.4, -0.2) is 51.2 Å². The Kier molecular flexibility index (Phi) is 5.11. The fourth-order valence-electron chi connectivity index (χ4n) is 4.13. The quantitative estimate of drug-likeness (QED) is 0.823. The van der Waals surface area contributed by atoms with Gasteiger partial charge >= 0.3 is 0 Å². The first-order valence-corrected chi connectivity index (χ1v) is 9.97. The molecule has 0 spiro atoms. The largest absolute Gasteiger partial charge is 0.342 e. The maximum absolute atomic E-state index is 12.9. The molecule has 6 nitrogen and oxygen atoms in total. The molecule has 0 radical (unpaired) electrons. The van der Waals surface area contributed by atoms with E-state index in [1.807, 2.05) is 53.3 Å². The predicted molar refractivity (Wildman–Crippen MR) is 106 cm³/mol. The van der Waals surface area contributed by atoms with Crippen LogP contribution in [0.3, 0.4) is 0 Å². The second kappa shape index (κ2) is 7.70. The molecule has 2 atom stereocenters. The summed E-state index contributed by atoms with van der Waals surface area (Å²) in [4.78, 5) is 37.6. The average molecular weight is 378 g/mol. The molecule has 1 aromatic carbocycles. The zero-order valence-electron chi connectivity index (χ0n) is 16.5. The van der Waals surface area contributed by atoms with E-state index >= 15 is 0 Å². The van der Waals surface area contributed by atoms with Crippen LogP contribution < -0.4 is 0 Å². The fraction of sp³-hybridized carbons (Fsp3) is 0.455. The summed E-state index contributed by atoms with van der Waals surface area (Å²) < 4.78 is 0. The Morgan fingerprint density at radius 1 is 1.14 bits per heavy atom. The molecule has 0 N–H and O–H groups in total. The molecule has 4 rings (SSSR count). The van der Waals surface area contributed by atoms with E-state index in [1.165, 1.54) is 0 Å². The third-order valence-electron chi connectivity index (χ3n) is 5.93. The first-order valence-electron chi connectivity index (χ1n) is 9.97. The molecular formula is C22H26N4O2. The van der Waals surface area contributed by atoms with Crippen LogP contribution in [0.4, 0.5) is 0 Å². The maximum Gasteiger partial charge on any atom is 0.230 e. The molecule has 2 aromatic rings. The van der Waals surface area contributed by atoms with Crippen molar-refractivity contribution in [3.63, 3.8) is 0 Å². The Morgan fingerprint density at radius 2 is 1.93 bits per heavy atom. The van der Waals surface area contributed by atoms with E-state index < -0.39 is 0 Å². The molecule has 1 fully saturated rings. The first kappa shape index (κ1) is 18.6. The number of rotatable bonds is 3. The highest BCUT2D eigenvalue weighted by atomic mass is 16.2. The van der Waals surface area contributed by atoms with Crippen molar-refractivity contribution in [3.8, 4) is 0 Å². The number of hydrogen-bond acceptors (Lipinski definition) is 4. The summed E-state index contributed by atoms with van der Waals surface area (Å²) >= 11 is 0. The van der Waals surface area contributed by atoms with Gasteiger partial charge < -0.3 is 9.80 Å². The summed E-state index contributed by atoms with van der Waals surface area (Å²) in [5, 5.41) is 0. The van der Waals surface area contributed by atoms with Gasteiger partial charge in [0.15, 0.2) is 0 Å². The van der Waals surface area contributed by atoms with Gasteiger partial charge in [0.25, 0.3) is 0 Å². The molecule has 0 unspecified atom stereocenters. The van der Waals surface area contributed by atoms with Gasteiger partial charge in [0.2, 0.25) is 11.8 Å². The van der Waals surface area contributed by atoms with Gasteiger partial charge in [0, 0.05) is 57.2 Å². The average Bonchev–Trinajstić information content (AvgIpc) is 3.23. The monoisotopic (exact) mass is 378 g/mol. The van der Waals surface area contributed by atoms with Gasteiger partial charge in [-0.2, -0.15) is 0 Å². The zero-order valence-corrected chi connectivity index (χ0v) is 16.5. The second-order valence-electron chi connectivity index (χ2n) is 7.79. The normalized spacial score (nSPS) is 20.0. The van der Waals surface area contributed by atoms with E-state index in [9.17, 15) is 9.59 Å². The summed E-state index contributed by atoms with van der Waals surface area (Å²) in [6.45, 7) is 6.30. The molecule has 3 heterocycles. The number of carbonyl (C=O) groups excluding carboxylic acids is 2. The molecule has 28 heavy (non-hydrogen) atoms. The topological polar surface area (TPSA) is 66.4 Å². The Balaban J connectivity index is 1.45. The molecule has 2 amide bonds. The first-order chi connectivity index (χ1) is 13.5. The number of fused-ring (bicyclic) bond motifs is 1. The number of aromatic nitrogens is 2. The SMILES string of the molecule is CC(=O)N1CC[C@@H](c2ncc3c(n2)CCN(C(=O)[C@@H](C)c2ccccc2)C3)C1. The molecule has 6 heteroatoms. The molecule has 0 saturated carbocycles. The van der Waals surface area contributed by atoms with Crippen LogP contribution in [0.2, 0.25) is 0 Å². The van der Waals surface area contributed by atoms with E-state index in [4.69, 9.17) is 4.98 Å². The van der Waals surface area contributed by atoms with Gasteiger partial charge in [-0.15, -0.1) is 0 Å². The number of benzene rings is 1. The van der Waals surface area contributed by atoms with Gasteiger partial charge in [0.1, 0.15) is 5.82 Å². The molecule has 1 aromatic heterocycles. The van der Waals surface area contributed by atoms with Crippen LogP contribution >= 0.6 is 0 Å². The third-order valence-corrected chi connectivity index (χ3v) is 5.93. The van der Waals surface area contributed by atoms with E-state index in [0.29, 0.717) is 19.6 Å². The minimum Gasteiger partial charge on any atom is -0.342 e. The standard InChI is InChI=1S/C22H26N4O2/c1-15(17-6-4-3-5-7-17)22(28)26-11-9-20-19(14-26)12-23-21(24-20)18-8-10-25(13-18)16(2)27/h3-7,12,15,18H,8-11,13-14H2,1-2H3/t15-,18+/m0/s1. The lowest BCUT2D eigenvalue weighted by Gasteiger charge is -2.30. The van der Waals surface area contributed by atoms with Crippen LogP contribution in [-0.2, 0) is 22.6 Å². The summed E-state index contributed by atoms with van der Waals surface area (Å²) in [6.07, 6.45) is 3.54. The second-order valence-corrected chi connectivity index (χ2v) is 7.79. The van der Waals surface area contributed by atoms with Gasteiger partial charge in [0.05, 0.1) is 11.6 Å². The van der Waals surface area contributed by atoms with Crippen molar-refractivity contribution in [1.82, 2.24) is 19.8 Å². The highest BCUT2D eigenvalue weighted by molar-refractivity contribution is 5.83. The molecule has 2 aliphatic rings. The van der Waals surface area contributed by atoms with Crippen molar-refractivity contribution in [1.29, 1.82) is 0 Å². The summed E-state index contributed by atoms with van der Waals surface area (Å²) in [6, 6.07) is 9.91. The lowest BCUT2D eigenvalue weighted by molar-refractivity contribution is -0.133. The van der Waals surface area contributed by atoms with Crippen LogP contribution in [0.1, 0.15) is 54.7 Å². The summed E-state index contributed by atoms with van der Waals surface area (Å²) in [5.74, 6) is 1.15. The smallest absolute Gasteiger partial charge is 0.230 e. The zero-order chi connectivity index (χ0) is 19.7. The lowest BCUT2D eigenvalue weighted by atomic mass is 9.98. The van der Waals surface area contributed by atoms with E-state index in [2.05, 4.69) is 4.98 Å². The van der Waals surface area contributed by atoms with Crippen molar-refractivity contribution in [2.45, 2.75) is 45.1 Å². The molecule has 0 bridgehead atoms.